The molecule has 0 saturated heterocycles. The third kappa shape index (κ3) is 5.26. The van der Waals surface area contributed by atoms with Gasteiger partial charge in [-0.3, -0.25) is 10.2 Å². The van der Waals surface area contributed by atoms with Crippen LogP contribution >= 0.6 is 23.4 Å². The number of carbonyl (C=O) groups excluding carboxylic acids is 1. The fraction of sp³-hybridized carbons (Fsp3) is 0.182. The van der Waals surface area contributed by atoms with Gasteiger partial charge in [-0.15, -0.1) is 0 Å². The van der Waals surface area contributed by atoms with Crippen LogP contribution in [0, 0.1) is 12.3 Å². The second kappa shape index (κ2) is 9.51. The lowest BCUT2D eigenvalue weighted by atomic mass is 10.1. The van der Waals surface area contributed by atoms with E-state index in [4.69, 9.17) is 26.5 Å². The highest BCUT2D eigenvalue weighted by Gasteiger charge is 2.46. The van der Waals surface area contributed by atoms with Crippen LogP contribution in [-0.4, -0.2) is 46.4 Å². The number of nitrogens with one attached hydrogen (secondary N) is 1. The summed E-state index contributed by atoms with van der Waals surface area (Å²) < 4.78 is 50.0. The first-order valence-corrected chi connectivity index (χ1v) is 11.0. The minimum Gasteiger partial charge on any atom is -0.490 e. The molecule has 0 unspecified atom stereocenters. The van der Waals surface area contributed by atoms with Crippen molar-refractivity contribution in [3.8, 4) is 11.5 Å². The number of nitrogens with zero attached hydrogens (tertiary/aromatic N) is 3. The van der Waals surface area contributed by atoms with E-state index in [1.165, 1.54) is 6.08 Å². The lowest BCUT2D eigenvalue weighted by molar-refractivity contribution is -0.114. The highest BCUT2D eigenvalue weighted by molar-refractivity contribution is 8.27. The van der Waals surface area contributed by atoms with Gasteiger partial charge in [0.05, 0.1) is 5.57 Å². The predicted molar refractivity (Wildman–Crippen MR) is 125 cm³/mol. The minimum absolute atomic E-state index is 0.170. The normalized spacial score (nSPS) is 17.0. The topological polar surface area (TPSA) is 87.3 Å². The molecular weight excluding hydrogens is 493 g/mol. The Bertz CT molecular complexity index is 1240. The first-order valence-electron chi connectivity index (χ1n) is 9.81. The van der Waals surface area contributed by atoms with Crippen LogP contribution in [0.4, 0.5) is 13.2 Å². The molecule has 0 spiro atoms. The molecule has 176 valence electrons. The molecule has 1 amide bonds. The summed E-state index contributed by atoms with van der Waals surface area (Å²) in [5, 5.41) is 11.4. The number of aryl methyl sites for hydroxylation is 1. The first-order chi connectivity index (χ1) is 16.1. The summed E-state index contributed by atoms with van der Waals surface area (Å²) in [6.07, 6.45) is -3.32. The van der Waals surface area contributed by atoms with Crippen molar-refractivity contribution in [1.82, 2.24) is 5.01 Å². The highest BCUT2D eigenvalue weighted by atomic mass is 35.5. The van der Waals surface area contributed by atoms with E-state index >= 15 is 0 Å². The molecule has 34 heavy (non-hydrogen) atoms. The number of rotatable bonds is 6. The Hall–Kier alpha value is -3.31. The molecule has 4 rings (SSSR count). The maximum atomic E-state index is 12.9. The van der Waals surface area contributed by atoms with Gasteiger partial charge in [0, 0.05) is 5.02 Å². The van der Waals surface area contributed by atoms with Crippen molar-refractivity contribution in [3.63, 3.8) is 0 Å². The molecule has 12 heteroatoms. The van der Waals surface area contributed by atoms with Crippen LogP contribution in [0.15, 0.2) is 58.1 Å². The number of fused-ring (bicyclic) bond motifs is 1. The Morgan fingerprint density at radius 3 is 2.41 bits per heavy atom. The van der Waals surface area contributed by atoms with Gasteiger partial charge in [-0.05, 0) is 66.2 Å². The number of hydrazone groups is 1. The number of amides is 1. The molecule has 0 saturated carbocycles. The van der Waals surface area contributed by atoms with E-state index in [9.17, 15) is 18.0 Å². The number of benzene rings is 2. The zero-order valence-electron chi connectivity index (χ0n) is 17.5. The molecule has 2 aliphatic rings. The molecular formula is C22H16ClF3N4O3S. The molecule has 2 aliphatic heterocycles. The SMILES string of the molecule is Cc1cc(OCCOc2ccc(C=C3C(=N)N4N=C(C(F)(F)F)SC4=NC3=O)cc2)ccc1Cl. The molecule has 0 aliphatic carbocycles. The Morgan fingerprint density at radius 2 is 1.76 bits per heavy atom. The Labute approximate surface area is 201 Å². The van der Waals surface area contributed by atoms with E-state index in [2.05, 4.69) is 10.1 Å². The van der Waals surface area contributed by atoms with Gasteiger partial charge >= 0.3 is 6.18 Å². The van der Waals surface area contributed by atoms with Crippen LogP contribution in [0.1, 0.15) is 11.1 Å². The maximum Gasteiger partial charge on any atom is 0.441 e. The minimum atomic E-state index is -4.69. The van der Waals surface area contributed by atoms with Gasteiger partial charge in [0.25, 0.3) is 5.91 Å². The summed E-state index contributed by atoms with van der Waals surface area (Å²) in [5.74, 6) is -0.0475. The first kappa shape index (κ1) is 23.8. The van der Waals surface area contributed by atoms with Crippen LogP contribution in [0.3, 0.4) is 0 Å². The van der Waals surface area contributed by atoms with Crippen molar-refractivity contribution in [2.24, 2.45) is 10.1 Å². The molecule has 0 radical (unpaired) electrons. The summed E-state index contributed by atoms with van der Waals surface area (Å²) in [7, 11) is 0. The van der Waals surface area contributed by atoms with E-state index < -0.39 is 23.0 Å². The summed E-state index contributed by atoms with van der Waals surface area (Å²) in [4.78, 5) is 15.9. The van der Waals surface area contributed by atoms with Crippen LogP contribution in [0.25, 0.3) is 6.08 Å². The van der Waals surface area contributed by atoms with Crippen LogP contribution in [-0.2, 0) is 4.79 Å². The van der Waals surface area contributed by atoms with Gasteiger partial charge < -0.3 is 9.47 Å². The van der Waals surface area contributed by atoms with Gasteiger partial charge in [-0.2, -0.15) is 28.3 Å². The van der Waals surface area contributed by atoms with Crippen molar-refractivity contribution in [2.45, 2.75) is 13.1 Å². The standard InChI is InChI=1S/C22H16ClF3N4O3S/c1-12-10-15(6-7-17(12)23)33-9-8-32-14-4-2-13(3-5-14)11-16-18(27)30-21(28-19(16)31)34-20(29-30)22(24,25)26/h2-7,10-11,27H,8-9H2,1H3. The number of hydrogen-bond donors (Lipinski definition) is 1. The van der Waals surface area contributed by atoms with Crippen molar-refractivity contribution in [3.05, 3.63) is 64.2 Å². The van der Waals surface area contributed by atoms with Gasteiger partial charge in [-0.1, -0.05) is 23.7 Å². The zero-order valence-corrected chi connectivity index (χ0v) is 19.1. The lowest BCUT2D eigenvalue weighted by Crippen LogP contribution is -2.35. The fourth-order valence-corrected chi connectivity index (χ4v) is 3.84. The smallest absolute Gasteiger partial charge is 0.441 e. The summed E-state index contributed by atoms with van der Waals surface area (Å²) in [6, 6.07) is 12.0. The Morgan fingerprint density at radius 1 is 1.12 bits per heavy atom. The second-order valence-corrected chi connectivity index (χ2v) is 8.46. The summed E-state index contributed by atoms with van der Waals surface area (Å²) in [5.41, 5.74) is 1.28. The number of aliphatic imine (C=N–C) groups is 1. The van der Waals surface area contributed by atoms with Crippen molar-refractivity contribution >= 4 is 51.4 Å². The quantitative estimate of drug-likeness (QED) is 0.423. The molecule has 0 atom stereocenters. The van der Waals surface area contributed by atoms with E-state index in [-0.39, 0.29) is 29.1 Å². The van der Waals surface area contributed by atoms with Crippen molar-refractivity contribution in [1.29, 1.82) is 5.41 Å². The maximum absolute atomic E-state index is 12.9. The Balaban J connectivity index is 1.37. The summed E-state index contributed by atoms with van der Waals surface area (Å²) in [6.45, 7) is 2.48. The number of hydrogen-bond acceptors (Lipinski definition) is 6. The van der Waals surface area contributed by atoms with E-state index in [1.807, 2.05) is 13.0 Å². The van der Waals surface area contributed by atoms with Gasteiger partial charge in [0.15, 0.2) is 5.84 Å². The van der Waals surface area contributed by atoms with Gasteiger partial charge in [-0.25, -0.2) is 0 Å². The van der Waals surface area contributed by atoms with Crippen LogP contribution in [0.5, 0.6) is 11.5 Å². The monoisotopic (exact) mass is 508 g/mol. The van der Waals surface area contributed by atoms with E-state index in [1.54, 1.807) is 36.4 Å². The van der Waals surface area contributed by atoms with Crippen LogP contribution < -0.4 is 9.47 Å². The highest BCUT2D eigenvalue weighted by Crippen LogP contribution is 2.35. The van der Waals surface area contributed by atoms with E-state index in [0.717, 1.165) is 5.56 Å². The molecule has 1 N–H and O–H groups in total. The predicted octanol–water partition coefficient (Wildman–Crippen LogP) is 5.29. The van der Waals surface area contributed by atoms with Crippen LogP contribution in [0.2, 0.25) is 5.02 Å². The fourth-order valence-electron chi connectivity index (χ4n) is 2.96. The molecule has 2 heterocycles. The number of ether oxygens (including phenoxy) is 2. The largest absolute Gasteiger partial charge is 0.490 e. The third-order valence-electron chi connectivity index (χ3n) is 4.64. The number of amidine groups is 2. The molecule has 0 bridgehead atoms. The molecule has 0 fully saturated rings. The van der Waals surface area contributed by atoms with E-state index in [0.29, 0.717) is 33.7 Å². The molecule has 0 aromatic heterocycles. The molecule has 7 nitrogen and oxygen atoms in total. The number of carbonyl (C=O) groups is 1. The number of halogens is 4. The Kier molecular flexibility index (Phi) is 6.67. The average Bonchev–Trinajstić information content (AvgIpc) is 3.22. The number of thioether (sulfide) groups is 1. The second-order valence-electron chi connectivity index (χ2n) is 7.10. The third-order valence-corrected chi connectivity index (χ3v) is 6.02. The molecule has 2 aromatic rings. The average molecular weight is 509 g/mol. The summed E-state index contributed by atoms with van der Waals surface area (Å²) >= 11 is 6.20. The van der Waals surface area contributed by atoms with Gasteiger partial charge in [0.2, 0.25) is 10.2 Å². The van der Waals surface area contributed by atoms with Crippen molar-refractivity contribution < 1.29 is 27.4 Å². The lowest BCUT2D eigenvalue weighted by Gasteiger charge is -2.20. The number of alkyl halides is 3. The zero-order chi connectivity index (χ0) is 24.5. The van der Waals surface area contributed by atoms with Gasteiger partial charge in [0.1, 0.15) is 24.7 Å². The van der Waals surface area contributed by atoms with Crippen molar-refractivity contribution in [2.75, 3.05) is 13.2 Å². The molecule has 2 aromatic carbocycles.